The van der Waals surface area contributed by atoms with Gasteiger partial charge in [0.15, 0.2) is 0 Å². The Labute approximate surface area is 173 Å². The molecule has 0 spiro atoms. The Hall–Kier alpha value is -2.29. The molecule has 3 aromatic rings. The van der Waals surface area contributed by atoms with Crippen molar-refractivity contribution in [2.45, 2.75) is 50.4 Å². The summed E-state index contributed by atoms with van der Waals surface area (Å²) in [5.41, 5.74) is 3.54. The van der Waals surface area contributed by atoms with Gasteiger partial charge in [0.2, 0.25) is 0 Å². The first-order valence-electron chi connectivity index (χ1n) is 10.1. The average molecular weight is 415 g/mol. The number of aromatic nitrogens is 1. The molecule has 1 aromatic heterocycles. The van der Waals surface area contributed by atoms with E-state index in [4.69, 9.17) is 4.74 Å². The van der Waals surface area contributed by atoms with Gasteiger partial charge in [-0.3, -0.25) is 0 Å². The minimum absolute atomic E-state index is 0.432. The highest BCUT2D eigenvalue weighted by atomic mass is 19.1. The monoisotopic (exact) mass is 415 g/mol. The third-order valence-electron chi connectivity index (χ3n) is 5.86. The highest BCUT2D eigenvalue weighted by molar-refractivity contribution is 5.84. The van der Waals surface area contributed by atoms with Crippen LogP contribution >= 0.6 is 0 Å². The van der Waals surface area contributed by atoms with E-state index < -0.39 is 42.9 Å². The topological polar surface area (TPSA) is 95.1 Å². The first-order valence-corrected chi connectivity index (χ1v) is 10.1. The van der Waals surface area contributed by atoms with Crippen molar-refractivity contribution in [2.24, 2.45) is 0 Å². The van der Waals surface area contributed by atoms with E-state index in [9.17, 15) is 24.8 Å². The highest BCUT2D eigenvalue weighted by Gasteiger charge is 2.44. The molecular formula is C23H26FNO5. The number of aryl methyl sites for hydroxylation is 1. The minimum atomic E-state index is -1.49. The van der Waals surface area contributed by atoms with Crippen LogP contribution in [0.2, 0.25) is 0 Å². The summed E-state index contributed by atoms with van der Waals surface area (Å²) in [5.74, 6) is -0.432. The second-order valence-corrected chi connectivity index (χ2v) is 7.79. The van der Waals surface area contributed by atoms with Crippen molar-refractivity contribution in [2.75, 3.05) is 6.61 Å². The molecule has 0 aliphatic carbocycles. The van der Waals surface area contributed by atoms with Crippen LogP contribution in [0.15, 0.2) is 48.7 Å². The third kappa shape index (κ3) is 3.75. The molecule has 30 heavy (non-hydrogen) atoms. The van der Waals surface area contributed by atoms with Crippen molar-refractivity contribution in [3.63, 3.8) is 0 Å². The molecule has 4 N–H and O–H groups in total. The van der Waals surface area contributed by atoms with Crippen LogP contribution in [0.25, 0.3) is 10.9 Å². The number of benzene rings is 2. The highest BCUT2D eigenvalue weighted by Crippen LogP contribution is 2.37. The number of aliphatic hydroxyl groups is 4. The Bertz CT molecular complexity index is 1020. The lowest BCUT2D eigenvalue weighted by Crippen LogP contribution is -2.55. The van der Waals surface area contributed by atoms with Gasteiger partial charge in [0.1, 0.15) is 36.3 Å². The van der Waals surface area contributed by atoms with Gasteiger partial charge in [-0.2, -0.15) is 0 Å². The number of halogens is 1. The lowest BCUT2D eigenvalue weighted by atomic mass is 9.91. The zero-order valence-electron chi connectivity index (χ0n) is 16.6. The largest absolute Gasteiger partial charge is 0.394 e. The molecule has 4 rings (SSSR count). The fourth-order valence-corrected chi connectivity index (χ4v) is 4.09. The van der Waals surface area contributed by atoms with Crippen molar-refractivity contribution in [1.82, 2.24) is 4.57 Å². The van der Waals surface area contributed by atoms with Crippen LogP contribution in [-0.4, -0.2) is 56.0 Å². The zero-order valence-corrected chi connectivity index (χ0v) is 16.6. The molecule has 1 fully saturated rings. The van der Waals surface area contributed by atoms with E-state index in [0.29, 0.717) is 17.5 Å². The molecule has 2 aromatic carbocycles. The van der Waals surface area contributed by atoms with Gasteiger partial charge in [-0.05, 0) is 35.7 Å². The maximum absolute atomic E-state index is 14.0. The lowest BCUT2D eigenvalue weighted by molar-refractivity contribution is -0.231. The molecule has 1 aliphatic rings. The molecule has 1 aliphatic heterocycles. The van der Waals surface area contributed by atoms with Crippen LogP contribution in [-0.2, 0) is 17.7 Å². The molecule has 0 saturated carbocycles. The van der Waals surface area contributed by atoms with E-state index in [0.717, 1.165) is 17.5 Å². The van der Waals surface area contributed by atoms with E-state index >= 15 is 0 Å². The number of aliphatic hydroxyl groups excluding tert-OH is 4. The predicted octanol–water partition coefficient (Wildman–Crippen LogP) is 1.91. The molecule has 0 bridgehead atoms. The lowest BCUT2D eigenvalue weighted by Gasteiger charge is -2.40. The number of hydrogen-bond donors (Lipinski definition) is 4. The Morgan fingerprint density at radius 2 is 1.67 bits per heavy atom. The Kier molecular flexibility index (Phi) is 5.90. The van der Waals surface area contributed by atoms with E-state index in [1.807, 2.05) is 16.7 Å². The summed E-state index contributed by atoms with van der Waals surface area (Å²) >= 11 is 0. The van der Waals surface area contributed by atoms with Crippen molar-refractivity contribution in [1.29, 1.82) is 0 Å². The van der Waals surface area contributed by atoms with Crippen molar-refractivity contribution < 1.29 is 29.6 Å². The summed E-state index contributed by atoms with van der Waals surface area (Å²) in [6.45, 7) is 2.11. The van der Waals surface area contributed by atoms with E-state index in [1.165, 1.54) is 17.7 Å². The predicted molar refractivity (Wildman–Crippen MR) is 110 cm³/mol. The van der Waals surface area contributed by atoms with Crippen molar-refractivity contribution in [3.05, 3.63) is 71.2 Å². The molecule has 0 unspecified atom stereocenters. The number of fused-ring (bicyclic) bond motifs is 1. The Morgan fingerprint density at radius 1 is 0.967 bits per heavy atom. The summed E-state index contributed by atoms with van der Waals surface area (Å²) in [5, 5.41) is 40.8. The third-order valence-corrected chi connectivity index (χ3v) is 5.86. The van der Waals surface area contributed by atoms with Gasteiger partial charge in [-0.1, -0.05) is 31.2 Å². The van der Waals surface area contributed by atoms with Crippen LogP contribution in [0.1, 0.15) is 29.7 Å². The quantitative estimate of drug-likeness (QED) is 0.511. The number of rotatable bonds is 5. The number of hydrogen-bond acceptors (Lipinski definition) is 5. The van der Waals surface area contributed by atoms with Crippen molar-refractivity contribution in [3.8, 4) is 0 Å². The van der Waals surface area contributed by atoms with Gasteiger partial charge in [0, 0.05) is 29.2 Å². The van der Waals surface area contributed by atoms with Gasteiger partial charge in [0.25, 0.3) is 0 Å². The van der Waals surface area contributed by atoms with Crippen LogP contribution in [0.4, 0.5) is 4.39 Å². The van der Waals surface area contributed by atoms with Crippen LogP contribution in [0.5, 0.6) is 0 Å². The van der Waals surface area contributed by atoms with E-state index in [2.05, 4.69) is 19.1 Å². The molecular weight excluding hydrogens is 389 g/mol. The molecule has 160 valence electrons. The van der Waals surface area contributed by atoms with E-state index in [-0.39, 0.29) is 0 Å². The second kappa shape index (κ2) is 8.45. The van der Waals surface area contributed by atoms with Gasteiger partial charge in [-0.25, -0.2) is 4.39 Å². The maximum atomic E-state index is 14.0. The molecule has 5 atom stereocenters. The summed E-state index contributed by atoms with van der Waals surface area (Å²) < 4.78 is 21.7. The van der Waals surface area contributed by atoms with Gasteiger partial charge < -0.3 is 29.7 Å². The van der Waals surface area contributed by atoms with Gasteiger partial charge in [-0.15, -0.1) is 0 Å². The fourth-order valence-electron chi connectivity index (χ4n) is 4.09. The fraction of sp³-hybridized carbons (Fsp3) is 0.391. The first kappa shape index (κ1) is 21.0. The maximum Gasteiger partial charge on any atom is 0.123 e. The summed E-state index contributed by atoms with van der Waals surface area (Å²) in [7, 11) is 0. The zero-order chi connectivity index (χ0) is 21.4. The molecule has 2 heterocycles. The SMILES string of the molecule is CCc1ccc(Cn2cc([C@@H]3O[C@H](CO)[C@@H](O)[C@H](O)[C@H]3O)c3cc(F)ccc32)cc1. The smallest absolute Gasteiger partial charge is 0.123 e. The molecule has 7 heteroatoms. The molecule has 0 amide bonds. The number of nitrogens with zero attached hydrogens (tertiary/aromatic N) is 1. The second-order valence-electron chi connectivity index (χ2n) is 7.79. The standard InChI is InChI=1S/C23H26FNO5/c1-2-13-3-5-14(6-4-13)10-25-11-17(16-9-15(24)7-8-18(16)25)23-22(29)21(28)20(27)19(12-26)30-23/h3-9,11,19-23,26-29H,2,10,12H2,1H3/t19-,20-,21+,22-,23+/m1/s1. The van der Waals surface area contributed by atoms with Crippen LogP contribution in [0.3, 0.4) is 0 Å². The minimum Gasteiger partial charge on any atom is -0.394 e. The number of ether oxygens (including phenoxy) is 1. The van der Waals surface area contributed by atoms with Crippen LogP contribution < -0.4 is 0 Å². The summed E-state index contributed by atoms with van der Waals surface area (Å²) in [4.78, 5) is 0. The first-order chi connectivity index (χ1) is 14.4. The van der Waals surface area contributed by atoms with Gasteiger partial charge >= 0.3 is 0 Å². The van der Waals surface area contributed by atoms with Gasteiger partial charge in [0.05, 0.1) is 6.61 Å². The van der Waals surface area contributed by atoms with Crippen LogP contribution in [0, 0.1) is 5.82 Å². The van der Waals surface area contributed by atoms with Crippen molar-refractivity contribution >= 4 is 10.9 Å². The summed E-state index contributed by atoms with van der Waals surface area (Å²) in [6, 6.07) is 12.6. The molecule has 1 saturated heterocycles. The Morgan fingerprint density at radius 3 is 2.33 bits per heavy atom. The molecule has 0 radical (unpaired) electrons. The summed E-state index contributed by atoms with van der Waals surface area (Å²) in [6.07, 6.45) is -3.68. The van der Waals surface area contributed by atoms with E-state index in [1.54, 1.807) is 12.3 Å². The normalized spacial score (nSPS) is 26.9. The Balaban J connectivity index is 1.75. The average Bonchev–Trinajstić information content (AvgIpc) is 3.10. The molecule has 6 nitrogen and oxygen atoms in total.